The van der Waals surface area contributed by atoms with Crippen molar-refractivity contribution in [1.29, 1.82) is 0 Å². The summed E-state index contributed by atoms with van der Waals surface area (Å²) in [4.78, 5) is 0. The molecule has 5 fully saturated rings. The molecule has 5 aliphatic carbocycles. The van der Waals surface area contributed by atoms with Crippen LogP contribution in [-0.4, -0.2) is 69.2 Å². The van der Waals surface area contributed by atoms with Crippen LogP contribution in [0.2, 0.25) is 0 Å². The van der Waals surface area contributed by atoms with Crippen LogP contribution in [0.3, 0.4) is 0 Å². The van der Waals surface area contributed by atoms with Crippen molar-refractivity contribution in [2.45, 2.75) is 92.9 Å². The Morgan fingerprint density at radius 3 is 1.13 bits per heavy atom. The molecule has 3 N–H and O–H groups in total. The number of rotatable bonds is 2. The van der Waals surface area contributed by atoms with Crippen LogP contribution in [0.25, 0.3) is 0 Å². The summed E-state index contributed by atoms with van der Waals surface area (Å²) in [7, 11) is 0. The summed E-state index contributed by atoms with van der Waals surface area (Å²) >= 11 is 0. The standard InChI is InChI=1S/C20H18F16O3/c1-9-2-10(14(38,17(25,26)27)18(28,29)30)4-11(3-9,15(39,19(31,32)33)20(34,35)36)6-12(5-10)7(9)8(21)13(12,37)16(22,23)24/h7-8,37-39H,2-6H2,1H3. The maximum Gasteiger partial charge on any atom is 0.426 e. The normalized spacial score (nSPS) is 43.4. The number of alkyl halides is 16. The van der Waals surface area contributed by atoms with Crippen molar-refractivity contribution < 1.29 is 85.6 Å². The van der Waals surface area contributed by atoms with E-state index in [1.165, 1.54) is 0 Å². The largest absolute Gasteiger partial charge is 0.426 e. The molecule has 0 heterocycles. The highest BCUT2D eigenvalue weighted by Crippen LogP contribution is 2.89. The van der Waals surface area contributed by atoms with Crippen LogP contribution in [0, 0.1) is 27.6 Å². The Kier molecular flexibility index (Phi) is 5.54. The molecule has 5 aliphatic rings. The lowest BCUT2D eigenvalue weighted by Crippen LogP contribution is -2.91. The molecule has 0 aromatic heterocycles. The van der Waals surface area contributed by atoms with E-state index in [0.29, 0.717) is 6.92 Å². The third kappa shape index (κ3) is 2.95. The quantitative estimate of drug-likeness (QED) is 0.341. The second kappa shape index (κ2) is 7.03. The van der Waals surface area contributed by atoms with Gasteiger partial charge in [-0.25, -0.2) is 4.39 Å². The van der Waals surface area contributed by atoms with Gasteiger partial charge in [0.1, 0.15) is 6.17 Å². The van der Waals surface area contributed by atoms with E-state index in [4.69, 9.17) is 0 Å². The molecule has 39 heavy (non-hydrogen) atoms. The summed E-state index contributed by atoms with van der Waals surface area (Å²) in [6, 6.07) is 0. The molecule has 0 aliphatic heterocycles. The molecule has 4 bridgehead atoms. The van der Waals surface area contributed by atoms with E-state index >= 15 is 4.39 Å². The molecule has 0 radical (unpaired) electrons. The van der Waals surface area contributed by atoms with Crippen molar-refractivity contribution in [1.82, 2.24) is 0 Å². The Bertz CT molecular complexity index is 970. The summed E-state index contributed by atoms with van der Waals surface area (Å²) in [5.74, 6) is -2.46. The smallest absolute Gasteiger partial charge is 0.378 e. The predicted molar refractivity (Wildman–Crippen MR) is 92.0 cm³/mol. The lowest BCUT2D eigenvalue weighted by atomic mass is 9.21. The van der Waals surface area contributed by atoms with Gasteiger partial charge in [-0.05, 0) is 37.5 Å². The first kappa shape index (κ1) is 30.7. The van der Waals surface area contributed by atoms with E-state index in [1.807, 2.05) is 0 Å². The maximum atomic E-state index is 15.1. The molecule has 5 saturated carbocycles. The van der Waals surface area contributed by atoms with Crippen LogP contribution in [0.4, 0.5) is 70.2 Å². The molecule has 0 amide bonds. The first-order valence-corrected chi connectivity index (χ1v) is 11.0. The molecule has 5 unspecified atom stereocenters. The van der Waals surface area contributed by atoms with Gasteiger partial charge < -0.3 is 15.3 Å². The van der Waals surface area contributed by atoms with Gasteiger partial charge in [0.15, 0.2) is 5.60 Å². The van der Waals surface area contributed by atoms with Gasteiger partial charge in [-0.15, -0.1) is 0 Å². The van der Waals surface area contributed by atoms with E-state index in [0.717, 1.165) is 0 Å². The number of halogens is 16. The fourth-order valence-corrected chi connectivity index (χ4v) is 9.30. The summed E-state index contributed by atoms with van der Waals surface area (Å²) < 4.78 is 226. The summed E-state index contributed by atoms with van der Waals surface area (Å²) in [5.41, 5.74) is -32.9. The van der Waals surface area contributed by atoms with Gasteiger partial charge >= 0.3 is 30.9 Å². The van der Waals surface area contributed by atoms with Gasteiger partial charge in [0.2, 0.25) is 0 Å². The Labute approximate surface area is 207 Å². The summed E-state index contributed by atoms with van der Waals surface area (Å²) in [5, 5.41) is 31.0. The van der Waals surface area contributed by atoms with E-state index < -0.39 is 114 Å². The highest BCUT2D eigenvalue weighted by Gasteiger charge is 2.98. The zero-order valence-electron chi connectivity index (χ0n) is 19.1. The second-order valence-corrected chi connectivity index (χ2v) is 11.8. The first-order chi connectivity index (χ1) is 16.8. The van der Waals surface area contributed by atoms with Crippen LogP contribution in [0.1, 0.15) is 39.0 Å². The van der Waals surface area contributed by atoms with Crippen LogP contribution < -0.4 is 0 Å². The molecule has 5 rings (SSSR count). The number of aliphatic hydroxyl groups is 3. The van der Waals surface area contributed by atoms with Crippen LogP contribution in [0.5, 0.6) is 0 Å². The SMILES string of the molecule is CC12CC3(C(O)(C(F)(F)F)C(F)(F)F)CC(C(O)(C(F)(F)F)C(F)(F)F)(C1)CC1(C3)C2C(F)C1(O)C(F)(F)F. The van der Waals surface area contributed by atoms with Crippen molar-refractivity contribution >= 4 is 0 Å². The van der Waals surface area contributed by atoms with Gasteiger partial charge in [-0.2, -0.15) is 65.9 Å². The Hall–Kier alpha value is -1.24. The lowest BCUT2D eigenvalue weighted by Gasteiger charge is -2.83. The van der Waals surface area contributed by atoms with Crippen molar-refractivity contribution in [3.05, 3.63) is 0 Å². The molecule has 0 aromatic rings. The Balaban J connectivity index is 2.17. The minimum atomic E-state index is -6.94. The van der Waals surface area contributed by atoms with Crippen LogP contribution in [0.15, 0.2) is 0 Å². The highest BCUT2D eigenvalue weighted by molar-refractivity contribution is 5.39. The second-order valence-electron chi connectivity index (χ2n) is 11.8. The monoisotopic (exact) mass is 610 g/mol. The molecule has 3 nitrogen and oxygen atoms in total. The minimum Gasteiger partial charge on any atom is -0.378 e. The highest BCUT2D eigenvalue weighted by atomic mass is 19.4. The van der Waals surface area contributed by atoms with Crippen LogP contribution in [-0.2, 0) is 0 Å². The van der Waals surface area contributed by atoms with Gasteiger partial charge in [-0.3, -0.25) is 0 Å². The molecule has 5 atom stereocenters. The molecular weight excluding hydrogens is 592 g/mol. The van der Waals surface area contributed by atoms with Gasteiger partial charge in [0.25, 0.3) is 11.2 Å². The molecular formula is C20H18F16O3. The average Bonchev–Trinajstić information content (AvgIpc) is 2.65. The molecule has 19 heteroatoms. The van der Waals surface area contributed by atoms with Crippen LogP contribution >= 0.6 is 0 Å². The van der Waals surface area contributed by atoms with E-state index in [9.17, 15) is 81.2 Å². The summed E-state index contributed by atoms with van der Waals surface area (Å²) in [6.45, 7) is 0.399. The maximum absolute atomic E-state index is 15.1. The van der Waals surface area contributed by atoms with E-state index in [-0.39, 0.29) is 0 Å². The number of hydrogen-bond acceptors (Lipinski definition) is 3. The summed E-state index contributed by atoms with van der Waals surface area (Å²) in [6.07, 6.45) is -48.4. The third-order valence-corrected chi connectivity index (χ3v) is 9.87. The van der Waals surface area contributed by atoms with E-state index in [2.05, 4.69) is 0 Å². The van der Waals surface area contributed by atoms with E-state index in [1.54, 1.807) is 0 Å². The van der Waals surface area contributed by atoms with Gasteiger partial charge in [0, 0.05) is 22.2 Å². The number of hydrogen-bond donors (Lipinski definition) is 3. The zero-order chi connectivity index (χ0) is 30.7. The van der Waals surface area contributed by atoms with Crippen molar-refractivity contribution in [3.63, 3.8) is 0 Å². The lowest BCUT2D eigenvalue weighted by molar-refractivity contribution is -0.510. The van der Waals surface area contributed by atoms with Crippen molar-refractivity contribution in [3.8, 4) is 0 Å². The van der Waals surface area contributed by atoms with Gasteiger partial charge in [-0.1, -0.05) is 6.92 Å². The fourth-order valence-electron chi connectivity index (χ4n) is 9.30. The third-order valence-electron chi connectivity index (χ3n) is 9.87. The van der Waals surface area contributed by atoms with Gasteiger partial charge in [0.05, 0.1) is 0 Å². The Morgan fingerprint density at radius 2 is 0.872 bits per heavy atom. The fraction of sp³-hybridized carbons (Fsp3) is 1.00. The predicted octanol–water partition coefficient (Wildman–Crippen LogP) is 5.92. The molecule has 1 spiro atoms. The average molecular weight is 610 g/mol. The van der Waals surface area contributed by atoms with Crippen molar-refractivity contribution in [2.24, 2.45) is 27.6 Å². The molecule has 228 valence electrons. The minimum absolute atomic E-state index is 0.399. The van der Waals surface area contributed by atoms with Crippen molar-refractivity contribution in [2.75, 3.05) is 0 Å². The molecule has 0 saturated heterocycles. The Morgan fingerprint density at radius 1 is 0.564 bits per heavy atom. The topological polar surface area (TPSA) is 60.7 Å². The molecule has 0 aromatic carbocycles. The first-order valence-electron chi connectivity index (χ1n) is 11.0. The zero-order valence-corrected chi connectivity index (χ0v) is 19.1.